The molecule has 0 aliphatic carbocycles. The van der Waals surface area contributed by atoms with Gasteiger partial charge in [-0.2, -0.15) is 0 Å². The molecule has 68 valence electrons. The zero-order valence-corrected chi connectivity index (χ0v) is 7.07. The highest BCUT2D eigenvalue weighted by Crippen LogP contribution is 2.03. The molecule has 0 saturated carbocycles. The Bertz CT molecular complexity index is 349. The topological polar surface area (TPSA) is 85.1 Å². The first-order valence-electron chi connectivity index (χ1n) is 3.63. The summed E-state index contributed by atoms with van der Waals surface area (Å²) in [6, 6.07) is 3.01. The fourth-order valence-corrected chi connectivity index (χ4v) is 0.903. The molecule has 0 aliphatic heterocycles. The van der Waals surface area contributed by atoms with Crippen LogP contribution in [-0.2, 0) is 0 Å². The van der Waals surface area contributed by atoms with Crippen LogP contribution in [-0.4, -0.2) is 23.8 Å². The van der Waals surface area contributed by atoms with Crippen molar-refractivity contribution in [3.63, 3.8) is 0 Å². The smallest absolute Gasteiger partial charge is 0.270 e. The Balaban J connectivity index is 3.19. The molecule has 0 aliphatic rings. The van der Waals surface area contributed by atoms with Crippen LogP contribution >= 0.6 is 0 Å². The van der Waals surface area contributed by atoms with Gasteiger partial charge in [0.1, 0.15) is 5.69 Å². The second kappa shape index (κ2) is 3.66. The zero-order valence-electron chi connectivity index (χ0n) is 7.07. The summed E-state index contributed by atoms with van der Waals surface area (Å²) in [6.07, 6.45) is 1.43. The van der Waals surface area contributed by atoms with Crippen molar-refractivity contribution >= 4 is 11.8 Å². The van der Waals surface area contributed by atoms with Gasteiger partial charge in [-0.1, -0.05) is 0 Å². The van der Waals surface area contributed by atoms with E-state index in [2.05, 4.69) is 10.3 Å². The summed E-state index contributed by atoms with van der Waals surface area (Å²) < 4.78 is 0. The Hall–Kier alpha value is -1.91. The molecule has 0 radical (unpaired) electrons. The first-order chi connectivity index (χ1) is 6.16. The zero-order chi connectivity index (χ0) is 9.84. The maximum Gasteiger partial charge on any atom is 0.270 e. The van der Waals surface area contributed by atoms with E-state index in [1.54, 1.807) is 6.07 Å². The van der Waals surface area contributed by atoms with E-state index in [1.807, 2.05) is 0 Å². The van der Waals surface area contributed by atoms with Gasteiger partial charge in [-0.3, -0.25) is 14.6 Å². The molecule has 5 heteroatoms. The average Bonchev–Trinajstić information content (AvgIpc) is 2.16. The summed E-state index contributed by atoms with van der Waals surface area (Å²) >= 11 is 0. The summed E-state index contributed by atoms with van der Waals surface area (Å²) in [5.41, 5.74) is 5.23. The summed E-state index contributed by atoms with van der Waals surface area (Å²) in [6.45, 7) is 0. The molecule has 0 saturated heterocycles. The monoisotopic (exact) mass is 179 g/mol. The van der Waals surface area contributed by atoms with Crippen LogP contribution in [0.15, 0.2) is 18.3 Å². The van der Waals surface area contributed by atoms with E-state index in [0.29, 0.717) is 0 Å². The lowest BCUT2D eigenvalue weighted by molar-refractivity contribution is 0.0938. The molecule has 1 aromatic heterocycles. The molecule has 5 nitrogen and oxygen atoms in total. The fourth-order valence-electron chi connectivity index (χ4n) is 0.903. The van der Waals surface area contributed by atoms with Crippen LogP contribution in [0.25, 0.3) is 0 Å². The number of nitrogens with one attached hydrogen (secondary N) is 1. The summed E-state index contributed by atoms with van der Waals surface area (Å²) in [5, 5.41) is 2.37. The minimum absolute atomic E-state index is 0.0532. The minimum Gasteiger partial charge on any atom is -0.366 e. The average molecular weight is 179 g/mol. The first-order valence-corrected chi connectivity index (χ1v) is 3.63. The predicted octanol–water partition coefficient (Wildman–Crippen LogP) is -0.460. The summed E-state index contributed by atoms with van der Waals surface area (Å²) in [7, 11) is 1.46. The highest BCUT2D eigenvalue weighted by atomic mass is 16.2. The predicted molar refractivity (Wildman–Crippen MR) is 46.1 cm³/mol. The van der Waals surface area contributed by atoms with Gasteiger partial charge in [0.05, 0.1) is 5.56 Å². The number of aromatic nitrogens is 1. The number of rotatable bonds is 2. The lowest BCUT2D eigenvalue weighted by atomic mass is 10.2. The Morgan fingerprint density at radius 1 is 1.54 bits per heavy atom. The molecule has 3 N–H and O–H groups in total. The van der Waals surface area contributed by atoms with Crippen LogP contribution in [0.2, 0.25) is 0 Å². The number of nitrogens with two attached hydrogens (primary N) is 1. The number of hydrogen-bond acceptors (Lipinski definition) is 3. The van der Waals surface area contributed by atoms with Crippen molar-refractivity contribution in [2.45, 2.75) is 0 Å². The van der Waals surface area contributed by atoms with Crippen molar-refractivity contribution in [2.75, 3.05) is 7.05 Å². The van der Waals surface area contributed by atoms with Gasteiger partial charge in [0.15, 0.2) is 0 Å². The molecule has 0 bridgehead atoms. The number of primary amides is 1. The lowest BCUT2D eigenvalue weighted by Gasteiger charge is -2.02. The van der Waals surface area contributed by atoms with Gasteiger partial charge in [0.2, 0.25) is 0 Å². The fraction of sp³-hybridized carbons (Fsp3) is 0.125. The van der Waals surface area contributed by atoms with Crippen molar-refractivity contribution in [2.24, 2.45) is 5.73 Å². The number of hydrogen-bond donors (Lipinski definition) is 2. The molecule has 1 heterocycles. The second-order valence-electron chi connectivity index (χ2n) is 2.34. The Morgan fingerprint density at radius 3 is 2.77 bits per heavy atom. The lowest BCUT2D eigenvalue weighted by Crippen LogP contribution is -2.24. The highest BCUT2D eigenvalue weighted by Gasteiger charge is 2.14. The van der Waals surface area contributed by atoms with Crippen molar-refractivity contribution in [1.29, 1.82) is 0 Å². The van der Waals surface area contributed by atoms with Crippen LogP contribution in [0.1, 0.15) is 20.8 Å². The minimum atomic E-state index is -0.660. The van der Waals surface area contributed by atoms with E-state index in [9.17, 15) is 9.59 Å². The van der Waals surface area contributed by atoms with E-state index < -0.39 is 11.8 Å². The largest absolute Gasteiger partial charge is 0.366 e. The van der Waals surface area contributed by atoms with Gasteiger partial charge in [0.25, 0.3) is 11.8 Å². The maximum absolute atomic E-state index is 11.2. The van der Waals surface area contributed by atoms with Crippen LogP contribution in [0.4, 0.5) is 0 Å². The van der Waals surface area contributed by atoms with E-state index in [-0.39, 0.29) is 11.3 Å². The van der Waals surface area contributed by atoms with Crippen molar-refractivity contribution < 1.29 is 9.59 Å². The number of amides is 2. The van der Waals surface area contributed by atoms with E-state index in [4.69, 9.17) is 5.73 Å². The summed E-state index contributed by atoms with van der Waals surface area (Å²) in [4.78, 5) is 25.8. The Labute approximate surface area is 75.0 Å². The third-order valence-corrected chi connectivity index (χ3v) is 1.52. The van der Waals surface area contributed by atoms with E-state index >= 15 is 0 Å². The normalized spacial score (nSPS) is 9.31. The molecular weight excluding hydrogens is 170 g/mol. The molecule has 0 spiro atoms. The standard InChI is InChI=1S/C8H9N3O2/c1-10-8(13)6-5(7(9)12)3-2-4-11-6/h2-4H,1H3,(H2,9,12)(H,10,13). The van der Waals surface area contributed by atoms with Crippen molar-refractivity contribution in [3.05, 3.63) is 29.6 Å². The molecular formula is C8H9N3O2. The molecule has 13 heavy (non-hydrogen) atoms. The molecule has 1 aromatic rings. The first kappa shape index (κ1) is 9.18. The van der Waals surface area contributed by atoms with Gasteiger partial charge in [-0.15, -0.1) is 0 Å². The van der Waals surface area contributed by atoms with Crippen LogP contribution in [0.3, 0.4) is 0 Å². The second-order valence-corrected chi connectivity index (χ2v) is 2.34. The van der Waals surface area contributed by atoms with E-state index in [1.165, 1.54) is 19.3 Å². The van der Waals surface area contributed by atoms with Gasteiger partial charge in [-0.05, 0) is 12.1 Å². The molecule has 0 unspecified atom stereocenters. The van der Waals surface area contributed by atoms with Crippen molar-refractivity contribution in [1.82, 2.24) is 10.3 Å². The number of nitrogens with zero attached hydrogens (tertiary/aromatic N) is 1. The Morgan fingerprint density at radius 2 is 2.23 bits per heavy atom. The number of pyridine rings is 1. The molecule has 0 fully saturated rings. The summed E-state index contributed by atoms with van der Waals surface area (Å²) in [5.74, 6) is -1.08. The van der Waals surface area contributed by atoms with Crippen LogP contribution < -0.4 is 11.1 Å². The third kappa shape index (κ3) is 1.81. The molecule has 0 atom stereocenters. The molecule has 0 aromatic carbocycles. The van der Waals surface area contributed by atoms with Crippen LogP contribution in [0, 0.1) is 0 Å². The SMILES string of the molecule is CNC(=O)c1ncccc1C(N)=O. The number of carbonyl (C=O) groups is 2. The van der Waals surface area contributed by atoms with Gasteiger partial charge in [-0.25, -0.2) is 0 Å². The third-order valence-electron chi connectivity index (χ3n) is 1.52. The maximum atomic E-state index is 11.2. The van der Waals surface area contributed by atoms with Gasteiger partial charge in [0, 0.05) is 13.2 Å². The highest BCUT2D eigenvalue weighted by molar-refractivity contribution is 6.05. The Kier molecular flexibility index (Phi) is 2.59. The number of carbonyl (C=O) groups excluding carboxylic acids is 2. The molecule has 1 rings (SSSR count). The van der Waals surface area contributed by atoms with Crippen LogP contribution in [0.5, 0.6) is 0 Å². The molecule has 2 amide bonds. The van der Waals surface area contributed by atoms with Gasteiger partial charge >= 0.3 is 0 Å². The quantitative estimate of drug-likeness (QED) is 0.644. The van der Waals surface area contributed by atoms with Gasteiger partial charge < -0.3 is 11.1 Å². The van der Waals surface area contributed by atoms with Crippen molar-refractivity contribution in [3.8, 4) is 0 Å². The van der Waals surface area contributed by atoms with E-state index in [0.717, 1.165) is 0 Å².